The molecule has 6 rings (SSSR count). The third-order valence-electron chi connectivity index (χ3n) is 10.9. The van der Waals surface area contributed by atoms with Crippen molar-refractivity contribution in [3.8, 4) is 11.5 Å². The second-order valence-electron chi connectivity index (χ2n) is 14.3. The maximum Gasteiger partial charge on any atom is 0.266 e. The summed E-state index contributed by atoms with van der Waals surface area (Å²) in [7, 11) is -4.99. The van der Waals surface area contributed by atoms with Gasteiger partial charge in [0, 0.05) is 35.4 Å². The normalized spacial score (nSPS) is 21.6. The topological polar surface area (TPSA) is 192 Å². The van der Waals surface area contributed by atoms with Crippen LogP contribution in [0.2, 0.25) is 0 Å². The number of nitrogens with zero attached hydrogens (tertiary/aromatic N) is 2. The number of carbonyl (C=O) groups is 2. The monoisotopic (exact) mass is 900 g/mol. The lowest BCUT2D eigenvalue weighted by Crippen LogP contribution is -2.64. The highest BCUT2D eigenvalue weighted by Crippen LogP contribution is 2.44. The molecule has 324 valence electrons. The predicted molar refractivity (Wildman–Crippen MR) is 232 cm³/mol. The van der Waals surface area contributed by atoms with Crippen molar-refractivity contribution in [1.29, 1.82) is 0 Å². The summed E-state index contributed by atoms with van der Waals surface area (Å²) in [6.45, 7) is 0.366. The Bertz CT molecular complexity index is 2220. The van der Waals surface area contributed by atoms with Crippen LogP contribution in [-0.2, 0) is 29.6 Å². The summed E-state index contributed by atoms with van der Waals surface area (Å²) in [5, 5.41) is 19.0. The Morgan fingerprint density at radius 2 is 1.27 bits per heavy atom. The van der Waals surface area contributed by atoms with E-state index in [0.717, 1.165) is 23.3 Å². The molecule has 2 fully saturated rings. The van der Waals surface area contributed by atoms with E-state index >= 15 is 0 Å². The summed E-state index contributed by atoms with van der Waals surface area (Å²) >= 11 is 6.02. The van der Waals surface area contributed by atoms with E-state index in [1.807, 2.05) is 60.7 Å². The van der Waals surface area contributed by atoms with Crippen LogP contribution in [-0.4, -0.2) is 98.1 Å². The third kappa shape index (κ3) is 10.5. The number of benzene rings is 4. The number of nitrogens with one attached hydrogen (secondary N) is 2. The van der Waals surface area contributed by atoms with Gasteiger partial charge < -0.3 is 9.47 Å². The molecule has 2 amide bonds. The SMILES string of the molecule is COc1ccc(S(=O)(=O)N2CCCCC(CSc3ccccc3)C2C(=O)NO)cc1.COc1ccc(S(=O)(=O)N2CCCCC(c3ccccc3)C2(CS)C(=O)NO)cc1. The third-order valence-corrected chi connectivity index (χ3v) is 16.5. The average molecular weight is 901 g/mol. The second kappa shape index (κ2) is 21.6. The molecule has 2 saturated heterocycles. The van der Waals surface area contributed by atoms with Gasteiger partial charge in [-0.25, -0.2) is 27.8 Å². The zero-order chi connectivity index (χ0) is 43.3. The van der Waals surface area contributed by atoms with E-state index in [1.54, 1.807) is 47.0 Å². The fraction of sp³-hybridized carbons (Fsp3) is 0.381. The molecule has 0 radical (unpaired) electrons. The van der Waals surface area contributed by atoms with Gasteiger partial charge in [-0.2, -0.15) is 21.2 Å². The van der Waals surface area contributed by atoms with Crippen LogP contribution in [0.5, 0.6) is 11.5 Å². The smallest absolute Gasteiger partial charge is 0.266 e. The number of ether oxygens (including phenoxy) is 2. The predicted octanol–water partition coefficient (Wildman–Crippen LogP) is 5.98. The fourth-order valence-corrected chi connectivity index (χ4v) is 13.1. The number of thioether (sulfide) groups is 1. The Labute approximate surface area is 362 Å². The van der Waals surface area contributed by atoms with Crippen LogP contribution >= 0.6 is 24.4 Å². The highest BCUT2D eigenvalue weighted by Gasteiger charge is 2.55. The molecule has 4 unspecified atom stereocenters. The van der Waals surface area contributed by atoms with E-state index in [1.165, 1.54) is 47.1 Å². The van der Waals surface area contributed by atoms with Crippen molar-refractivity contribution in [2.45, 2.75) is 70.7 Å². The highest BCUT2D eigenvalue weighted by atomic mass is 32.2. The van der Waals surface area contributed by atoms with E-state index in [4.69, 9.17) is 9.47 Å². The number of carbonyl (C=O) groups excluding carboxylic acids is 2. The molecule has 2 aliphatic rings. The molecular weight excluding hydrogens is 849 g/mol. The van der Waals surface area contributed by atoms with E-state index < -0.39 is 49.4 Å². The number of rotatable bonds is 13. The van der Waals surface area contributed by atoms with Gasteiger partial charge in [0.05, 0.1) is 24.0 Å². The number of thiol groups is 1. The molecule has 0 spiro atoms. The Morgan fingerprint density at radius 1 is 0.733 bits per heavy atom. The van der Waals surface area contributed by atoms with Crippen molar-refractivity contribution in [3.63, 3.8) is 0 Å². The van der Waals surface area contributed by atoms with Crippen molar-refractivity contribution >= 4 is 56.3 Å². The van der Waals surface area contributed by atoms with Gasteiger partial charge in [0.25, 0.3) is 11.8 Å². The van der Waals surface area contributed by atoms with Crippen LogP contribution in [0.3, 0.4) is 0 Å². The van der Waals surface area contributed by atoms with Gasteiger partial charge in [-0.3, -0.25) is 20.0 Å². The molecule has 60 heavy (non-hydrogen) atoms. The molecule has 18 heteroatoms. The first-order chi connectivity index (χ1) is 28.9. The molecule has 4 aromatic carbocycles. The van der Waals surface area contributed by atoms with Gasteiger partial charge in [0.2, 0.25) is 20.0 Å². The minimum atomic E-state index is -4.07. The van der Waals surface area contributed by atoms with E-state index in [9.17, 15) is 36.8 Å². The Kier molecular flexibility index (Phi) is 16.9. The zero-order valence-corrected chi connectivity index (χ0v) is 36.8. The van der Waals surface area contributed by atoms with Crippen molar-refractivity contribution in [2.24, 2.45) is 5.92 Å². The van der Waals surface area contributed by atoms with Gasteiger partial charge in [-0.1, -0.05) is 61.4 Å². The zero-order valence-electron chi connectivity index (χ0n) is 33.4. The molecule has 4 N–H and O–H groups in total. The van der Waals surface area contributed by atoms with E-state index in [-0.39, 0.29) is 34.6 Å². The summed E-state index contributed by atoms with van der Waals surface area (Å²) in [5.74, 6) is -0.646. The molecule has 14 nitrogen and oxygen atoms in total. The lowest BCUT2D eigenvalue weighted by molar-refractivity contribution is -0.139. The van der Waals surface area contributed by atoms with Gasteiger partial charge >= 0.3 is 0 Å². The summed E-state index contributed by atoms with van der Waals surface area (Å²) in [5.41, 5.74) is 2.64. The maximum absolute atomic E-state index is 13.7. The molecule has 0 aliphatic carbocycles. The summed E-state index contributed by atoms with van der Waals surface area (Å²) < 4.78 is 66.9. The maximum atomic E-state index is 13.7. The summed E-state index contributed by atoms with van der Waals surface area (Å²) in [6.07, 6.45) is 4.08. The van der Waals surface area contributed by atoms with Crippen LogP contribution in [0.15, 0.2) is 124 Å². The van der Waals surface area contributed by atoms with Gasteiger partial charge in [0.1, 0.15) is 23.1 Å². The van der Waals surface area contributed by atoms with E-state index in [0.29, 0.717) is 42.9 Å². The molecular formula is C42H52N4O10S4. The number of sulfonamides is 2. The van der Waals surface area contributed by atoms with Crippen molar-refractivity contribution in [3.05, 3.63) is 115 Å². The quantitative estimate of drug-likeness (QED) is 0.0459. The molecule has 0 bridgehead atoms. The fourth-order valence-electron chi connectivity index (χ4n) is 7.85. The lowest BCUT2D eigenvalue weighted by atomic mass is 9.77. The summed E-state index contributed by atoms with van der Waals surface area (Å²) in [6, 6.07) is 30.2. The molecule has 4 atom stereocenters. The van der Waals surface area contributed by atoms with Crippen molar-refractivity contribution < 1.29 is 46.3 Å². The largest absolute Gasteiger partial charge is 0.497 e. The highest BCUT2D eigenvalue weighted by molar-refractivity contribution is 7.99. The van der Waals surface area contributed by atoms with Crippen LogP contribution in [0, 0.1) is 5.92 Å². The number of hydroxylamine groups is 2. The standard InChI is InChI=1S/2C21H26N2O5S2/c1-28-17-10-12-19(13-11-17)30(26,27)23-14-6-5-7-16(20(23)21(24)22-25)15-29-18-8-3-2-4-9-18;1-28-17-10-12-18(13-11-17)30(26,27)23-14-6-5-9-19(16-7-3-2-4-8-16)21(23,15-29)20(24)22-25/h2-4,8-13,16,20,25H,5-7,14-15H2,1H3,(H,22,24);2-4,7-8,10-13,19,25,29H,5-6,9,14-15H2,1H3,(H,22,24). The van der Waals surface area contributed by atoms with Crippen molar-refractivity contribution in [2.75, 3.05) is 38.8 Å². The van der Waals surface area contributed by atoms with Gasteiger partial charge in [0.15, 0.2) is 0 Å². The Hall–Kier alpha value is -4.14. The lowest BCUT2D eigenvalue weighted by Gasteiger charge is -2.44. The Morgan fingerprint density at radius 3 is 1.80 bits per heavy atom. The minimum absolute atomic E-state index is 0.0499. The van der Waals surface area contributed by atoms with Gasteiger partial charge in [-0.15, -0.1) is 11.8 Å². The number of amides is 2. The number of hydrogen-bond donors (Lipinski definition) is 5. The van der Waals surface area contributed by atoms with Crippen molar-refractivity contribution in [1.82, 2.24) is 19.6 Å². The summed E-state index contributed by atoms with van der Waals surface area (Å²) in [4.78, 5) is 26.9. The van der Waals surface area contributed by atoms with Crippen LogP contribution < -0.4 is 20.4 Å². The molecule has 2 aliphatic heterocycles. The second-order valence-corrected chi connectivity index (χ2v) is 19.5. The molecule has 2 heterocycles. The molecule has 0 aromatic heterocycles. The number of methoxy groups -OCH3 is 2. The minimum Gasteiger partial charge on any atom is -0.497 e. The first-order valence-corrected chi connectivity index (χ1v) is 23.9. The first kappa shape index (κ1) is 46.9. The number of hydrogen-bond acceptors (Lipinski definition) is 12. The van der Waals surface area contributed by atoms with E-state index in [2.05, 4.69) is 12.6 Å². The van der Waals surface area contributed by atoms with Crippen LogP contribution in [0.25, 0.3) is 0 Å². The van der Waals surface area contributed by atoms with Crippen LogP contribution in [0.1, 0.15) is 50.0 Å². The molecule has 4 aromatic rings. The Balaban J connectivity index is 0.000000228. The first-order valence-electron chi connectivity index (χ1n) is 19.4. The van der Waals surface area contributed by atoms with Gasteiger partial charge in [-0.05, 0) is 97.8 Å². The van der Waals surface area contributed by atoms with Crippen LogP contribution in [0.4, 0.5) is 0 Å². The average Bonchev–Trinajstić information content (AvgIpc) is 3.64. The molecule has 0 saturated carbocycles.